The topological polar surface area (TPSA) is 29.3 Å². The molecule has 100 valence electrons. The molecule has 1 unspecified atom stereocenters. The van der Waals surface area contributed by atoms with Crippen molar-refractivity contribution in [3.63, 3.8) is 0 Å². The van der Waals surface area contributed by atoms with Crippen LogP contribution in [0.3, 0.4) is 0 Å². The molecule has 1 aromatic rings. The summed E-state index contributed by atoms with van der Waals surface area (Å²) in [5, 5.41) is 0. The van der Waals surface area contributed by atoms with Gasteiger partial charge in [-0.25, -0.2) is 0 Å². The summed E-state index contributed by atoms with van der Waals surface area (Å²) in [7, 11) is 2.27. The smallest absolute Gasteiger partial charge is 0.0320 e. The van der Waals surface area contributed by atoms with Crippen molar-refractivity contribution in [1.82, 2.24) is 4.90 Å². The predicted molar refractivity (Wildman–Crippen MR) is 78.5 cm³/mol. The molecule has 2 rings (SSSR count). The van der Waals surface area contributed by atoms with Gasteiger partial charge in [-0.2, -0.15) is 0 Å². The van der Waals surface area contributed by atoms with Gasteiger partial charge in [-0.15, -0.1) is 0 Å². The molecule has 1 aliphatic rings. The van der Waals surface area contributed by atoms with Crippen LogP contribution in [0.2, 0.25) is 0 Å². The van der Waals surface area contributed by atoms with E-state index in [1.54, 1.807) is 0 Å². The summed E-state index contributed by atoms with van der Waals surface area (Å²) in [5.74, 6) is 0. The first-order valence-corrected chi connectivity index (χ1v) is 7.26. The number of benzene rings is 1. The van der Waals surface area contributed by atoms with E-state index in [4.69, 9.17) is 5.73 Å². The third kappa shape index (κ3) is 3.26. The van der Waals surface area contributed by atoms with Crippen LogP contribution in [0, 0.1) is 0 Å². The number of hydrogen-bond acceptors (Lipinski definition) is 2. The molecule has 1 atom stereocenters. The Morgan fingerprint density at radius 3 is 2.44 bits per heavy atom. The summed E-state index contributed by atoms with van der Waals surface area (Å²) >= 11 is 0. The third-order valence-corrected chi connectivity index (χ3v) is 4.40. The van der Waals surface area contributed by atoms with Gasteiger partial charge in [0.2, 0.25) is 0 Å². The van der Waals surface area contributed by atoms with Crippen molar-refractivity contribution in [3.8, 4) is 0 Å². The maximum Gasteiger partial charge on any atom is 0.0320 e. The van der Waals surface area contributed by atoms with Gasteiger partial charge in [-0.3, -0.25) is 4.90 Å². The molecular formula is C16H26N2. The van der Waals surface area contributed by atoms with Crippen LogP contribution in [0.1, 0.15) is 57.1 Å². The molecule has 1 saturated carbocycles. The molecule has 2 heteroatoms. The normalized spacial score (nSPS) is 19.7. The minimum absolute atomic E-state index is 0.455. The molecule has 0 heterocycles. The van der Waals surface area contributed by atoms with Crippen molar-refractivity contribution in [2.24, 2.45) is 0 Å². The number of nitrogens with two attached hydrogens (primary N) is 1. The fourth-order valence-electron chi connectivity index (χ4n) is 3.04. The van der Waals surface area contributed by atoms with Gasteiger partial charge in [0.1, 0.15) is 0 Å². The Labute approximate surface area is 111 Å². The molecule has 18 heavy (non-hydrogen) atoms. The van der Waals surface area contributed by atoms with Crippen molar-refractivity contribution >= 4 is 5.69 Å². The van der Waals surface area contributed by atoms with Crippen molar-refractivity contribution in [1.29, 1.82) is 0 Å². The maximum absolute atomic E-state index is 5.88. The van der Waals surface area contributed by atoms with Crippen LogP contribution in [0.15, 0.2) is 24.3 Å². The highest BCUT2D eigenvalue weighted by Gasteiger charge is 2.21. The van der Waals surface area contributed by atoms with Crippen LogP contribution in [0.5, 0.6) is 0 Å². The van der Waals surface area contributed by atoms with Gasteiger partial charge in [0.05, 0.1) is 0 Å². The van der Waals surface area contributed by atoms with E-state index >= 15 is 0 Å². The second-order valence-corrected chi connectivity index (χ2v) is 5.66. The minimum Gasteiger partial charge on any atom is -0.399 e. The van der Waals surface area contributed by atoms with Gasteiger partial charge in [0, 0.05) is 17.8 Å². The Morgan fingerprint density at radius 2 is 1.83 bits per heavy atom. The van der Waals surface area contributed by atoms with Crippen LogP contribution >= 0.6 is 0 Å². The number of rotatable bonds is 3. The average Bonchev–Trinajstić information content (AvgIpc) is 2.66. The van der Waals surface area contributed by atoms with Gasteiger partial charge < -0.3 is 5.73 Å². The second-order valence-electron chi connectivity index (χ2n) is 5.66. The molecule has 0 spiro atoms. The van der Waals surface area contributed by atoms with Crippen LogP contribution < -0.4 is 5.73 Å². The van der Waals surface area contributed by atoms with E-state index in [1.807, 2.05) is 6.07 Å². The van der Waals surface area contributed by atoms with E-state index in [9.17, 15) is 0 Å². The largest absolute Gasteiger partial charge is 0.399 e. The van der Waals surface area contributed by atoms with E-state index in [0.717, 1.165) is 11.7 Å². The Bertz CT molecular complexity index is 367. The summed E-state index contributed by atoms with van der Waals surface area (Å²) < 4.78 is 0. The molecule has 1 aromatic carbocycles. The molecule has 0 aliphatic heterocycles. The molecule has 0 amide bonds. The third-order valence-electron chi connectivity index (χ3n) is 4.40. The lowest BCUT2D eigenvalue weighted by Crippen LogP contribution is -2.33. The quantitative estimate of drug-likeness (QED) is 0.645. The standard InChI is InChI=1S/C16H26N2/c1-13(14-8-7-9-15(17)12-14)18(2)16-10-5-3-4-6-11-16/h7-9,12-13,16H,3-6,10-11,17H2,1-2H3. The lowest BCUT2D eigenvalue weighted by atomic mass is 10.0. The molecule has 0 aromatic heterocycles. The summed E-state index contributed by atoms with van der Waals surface area (Å²) in [4.78, 5) is 2.54. The fourth-order valence-corrected chi connectivity index (χ4v) is 3.04. The Balaban J connectivity index is 2.05. The Hall–Kier alpha value is -1.02. The monoisotopic (exact) mass is 246 g/mol. The highest BCUT2D eigenvalue weighted by molar-refractivity contribution is 5.41. The first kappa shape index (κ1) is 13.4. The van der Waals surface area contributed by atoms with E-state index in [2.05, 4.69) is 37.1 Å². The molecule has 2 nitrogen and oxygen atoms in total. The lowest BCUT2D eigenvalue weighted by Gasteiger charge is -2.33. The SMILES string of the molecule is CC(c1cccc(N)c1)N(C)C1CCCCCC1. The Morgan fingerprint density at radius 1 is 1.17 bits per heavy atom. The molecule has 1 aliphatic carbocycles. The van der Waals surface area contributed by atoms with Gasteiger partial charge >= 0.3 is 0 Å². The van der Waals surface area contributed by atoms with Crippen molar-refractivity contribution < 1.29 is 0 Å². The van der Waals surface area contributed by atoms with E-state index < -0.39 is 0 Å². The van der Waals surface area contributed by atoms with Gasteiger partial charge in [0.15, 0.2) is 0 Å². The van der Waals surface area contributed by atoms with E-state index in [1.165, 1.54) is 44.1 Å². The van der Waals surface area contributed by atoms with E-state index in [-0.39, 0.29) is 0 Å². The molecule has 2 N–H and O–H groups in total. The summed E-state index contributed by atoms with van der Waals surface area (Å²) in [6.45, 7) is 2.29. The van der Waals surface area contributed by atoms with Gasteiger partial charge in [-0.05, 0) is 44.5 Å². The number of hydrogen-bond donors (Lipinski definition) is 1. The molecule has 0 bridgehead atoms. The first-order valence-electron chi connectivity index (χ1n) is 7.26. The maximum atomic E-state index is 5.88. The average molecular weight is 246 g/mol. The lowest BCUT2D eigenvalue weighted by molar-refractivity contribution is 0.168. The van der Waals surface area contributed by atoms with Crippen LogP contribution in [-0.2, 0) is 0 Å². The number of anilines is 1. The zero-order valence-corrected chi connectivity index (χ0v) is 11.7. The van der Waals surface area contributed by atoms with Crippen LogP contribution in [0.25, 0.3) is 0 Å². The zero-order valence-electron chi connectivity index (χ0n) is 11.7. The first-order chi connectivity index (χ1) is 8.68. The summed E-state index contributed by atoms with van der Waals surface area (Å²) in [5.41, 5.74) is 8.09. The molecule has 1 fully saturated rings. The molecular weight excluding hydrogens is 220 g/mol. The molecule has 0 saturated heterocycles. The number of nitrogen functional groups attached to an aromatic ring is 1. The van der Waals surface area contributed by atoms with Crippen molar-refractivity contribution in [3.05, 3.63) is 29.8 Å². The van der Waals surface area contributed by atoms with E-state index in [0.29, 0.717) is 6.04 Å². The van der Waals surface area contributed by atoms with Crippen molar-refractivity contribution in [2.45, 2.75) is 57.5 Å². The van der Waals surface area contributed by atoms with Crippen molar-refractivity contribution in [2.75, 3.05) is 12.8 Å². The predicted octanol–water partition coefficient (Wildman–Crippen LogP) is 3.98. The summed E-state index contributed by atoms with van der Waals surface area (Å²) in [6.07, 6.45) is 8.30. The number of nitrogens with zero attached hydrogens (tertiary/aromatic N) is 1. The highest BCUT2D eigenvalue weighted by Crippen LogP contribution is 2.28. The Kier molecular flexibility index (Phi) is 4.65. The summed E-state index contributed by atoms with van der Waals surface area (Å²) in [6, 6.07) is 9.51. The van der Waals surface area contributed by atoms with Crippen LogP contribution in [-0.4, -0.2) is 18.0 Å². The fraction of sp³-hybridized carbons (Fsp3) is 0.625. The van der Waals surface area contributed by atoms with Crippen LogP contribution in [0.4, 0.5) is 5.69 Å². The zero-order chi connectivity index (χ0) is 13.0. The molecule has 0 radical (unpaired) electrons. The minimum atomic E-state index is 0.455. The highest BCUT2D eigenvalue weighted by atomic mass is 15.2. The van der Waals surface area contributed by atoms with Gasteiger partial charge in [-0.1, -0.05) is 37.8 Å². The second kappa shape index (κ2) is 6.24. The van der Waals surface area contributed by atoms with Gasteiger partial charge in [0.25, 0.3) is 0 Å².